The number of furan rings is 1. The number of nitrogens with zero attached hydrogens (tertiary/aromatic N) is 2. The van der Waals surface area contributed by atoms with E-state index in [9.17, 15) is 0 Å². The molecule has 8 aromatic carbocycles. The third kappa shape index (κ3) is 5.01. The van der Waals surface area contributed by atoms with E-state index in [1.165, 1.54) is 57.2 Å². The van der Waals surface area contributed by atoms with Crippen molar-refractivity contribution in [3.8, 4) is 39.1 Å². The summed E-state index contributed by atoms with van der Waals surface area (Å²) in [7, 11) is 0. The van der Waals surface area contributed by atoms with Crippen LogP contribution in [-0.4, -0.2) is 4.57 Å². The van der Waals surface area contributed by atoms with Crippen LogP contribution in [0.3, 0.4) is 0 Å². The maximum absolute atomic E-state index is 6.58. The third-order valence-electron chi connectivity index (χ3n) is 10.6. The molecule has 1 aliphatic rings. The molecule has 0 saturated carbocycles. The Morgan fingerprint density at radius 3 is 1.81 bits per heavy atom. The Kier molecular flexibility index (Phi) is 7.30. The number of anilines is 3. The molecule has 0 atom stereocenters. The minimum absolute atomic E-state index is 0.336. The fraction of sp³-hybridized carbons (Fsp3) is 0. The molecular formula is C50H32IN2O-. The standard InChI is InChI=1S/C50H32IN2O/c1-3-12-33(13-4-1)34-22-27-38(28-23-34)52(46-20-11-18-41-40-16-8-10-21-47(40)54-49(41)46)39-29-24-35(25-30-39)36-26-31-44-43(32-36)48-42-17-7-9-19-45(42)53(50(48)51-44)37-14-5-2-6-15-37/h1-32H/q-1. The number of rotatable bonds is 6. The molecule has 3 heterocycles. The number of para-hydroxylation sites is 4. The molecule has 54 heavy (non-hydrogen) atoms. The summed E-state index contributed by atoms with van der Waals surface area (Å²) >= 11 is -0.336. The summed E-state index contributed by atoms with van der Waals surface area (Å²) in [6.45, 7) is 0. The van der Waals surface area contributed by atoms with E-state index in [0.717, 1.165) is 39.0 Å². The van der Waals surface area contributed by atoms with Gasteiger partial charge in [0.25, 0.3) is 0 Å². The van der Waals surface area contributed by atoms with Crippen molar-refractivity contribution in [3.63, 3.8) is 0 Å². The quantitative estimate of drug-likeness (QED) is 0.156. The molecule has 3 nitrogen and oxygen atoms in total. The summed E-state index contributed by atoms with van der Waals surface area (Å²) in [5, 5.41) is 3.56. The van der Waals surface area contributed by atoms with Crippen LogP contribution in [0.5, 0.6) is 0 Å². The van der Waals surface area contributed by atoms with Crippen molar-refractivity contribution < 1.29 is 25.6 Å². The number of benzene rings is 8. The molecule has 0 fully saturated rings. The Bertz CT molecular complexity index is 3000. The van der Waals surface area contributed by atoms with Crippen LogP contribution in [0.4, 0.5) is 17.1 Å². The maximum atomic E-state index is 6.58. The van der Waals surface area contributed by atoms with Crippen LogP contribution in [0, 0.1) is 7.27 Å². The molecule has 1 aliphatic heterocycles. The van der Waals surface area contributed by atoms with Gasteiger partial charge in [0, 0.05) is 5.39 Å². The zero-order valence-corrected chi connectivity index (χ0v) is 31.3. The Labute approximate surface area is 323 Å². The Morgan fingerprint density at radius 1 is 0.463 bits per heavy atom. The van der Waals surface area contributed by atoms with Gasteiger partial charge in [0.05, 0.1) is 0 Å². The predicted octanol–water partition coefficient (Wildman–Crippen LogP) is 10.4. The Morgan fingerprint density at radius 2 is 1.06 bits per heavy atom. The summed E-state index contributed by atoms with van der Waals surface area (Å²) < 4.78 is 12.0. The molecule has 10 aromatic rings. The van der Waals surface area contributed by atoms with Crippen LogP contribution in [0.2, 0.25) is 0 Å². The van der Waals surface area contributed by atoms with Gasteiger partial charge >= 0.3 is 243 Å². The van der Waals surface area contributed by atoms with Crippen LogP contribution >= 0.6 is 0 Å². The molecule has 11 rings (SSSR count). The van der Waals surface area contributed by atoms with Gasteiger partial charge in [0.1, 0.15) is 5.58 Å². The topological polar surface area (TPSA) is 21.3 Å². The smallest absolute Gasteiger partial charge is 0.0617 e. The van der Waals surface area contributed by atoms with Gasteiger partial charge in [-0.2, -0.15) is 0 Å². The van der Waals surface area contributed by atoms with E-state index in [2.05, 4.69) is 191 Å². The van der Waals surface area contributed by atoms with Gasteiger partial charge in [-0.3, -0.25) is 0 Å². The van der Waals surface area contributed by atoms with Crippen molar-refractivity contribution in [3.05, 3.63) is 201 Å². The van der Waals surface area contributed by atoms with Crippen LogP contribution in [0.15, 0.2) is 199 Å². The second kappa shape index (κ2) is 12.6. The average Bonchev–Trinajstić information content (AvgIpc) is 3.91. The third-order valence-corrected chi connectivity index (χ3v) is 13.6. The van der Waals surface area contributed by atoms with Crippen LogP contribution in [0.25, 0.3) is 71.9 Å². The zero-order chi connectivity index (χ0) is 35.6. The van der Waals surface area contributed by atoms with Crippen LogP contribution in [-0.2, 0) is 0 Å². The van der Waals surface area contributed by atoms with E-state index in [1.807, 2.05) is 12.1 Å². The minimum atomic E-state index is -0.336. The van der Waals surface area contributed by atoms with Gasteiger partial charge in [-0.05, 0) is 17.2 Å². The SMILES string of the molecule is c1ccc(-c2ccc(N(c3ccc(-c4ccc5c(c4)-c4c(n(-c6ccccc6)c6ccccc46)[I-]5)cc3)c3cccc4c3oc3ccccc34)cc2)cc1. The minimum Gasteiger partial charge on any atom is -0.0617 e. The number of fused-ring (bicyclic) bond motifs is 8. The van der Waals surface area contributed by atoms with Gasteiger partial charge in [0.2, 0.25) is 0 Å². The first-order valence-corrected chi connectivity index (χ1v) is 20.4. The first-order chi connectivity index (χ1) is 26.8. The van der Waals surface area contributed by atoms with Crippen molar-refractivity contribution in [2.45, 2.75) is 0 Å². The molecule has 256 valence electrons. The number of hydrogen-bond donors (Lipinski definition) is 0. The van der Waals surface area contributed by atoms with Crippen molar-refractivity contribution in [1.82, 2.24) is 4.57 Å². The molecule has 0 radical (unpaired) electrons. The van der Waals surface area contributed by atoms with E-state index in [1.54, 1.807) is 0 Å². The molecule has 0 amide bonds. The van der Waals surface area contributed by atoms with E-state index in [0.29, 0.717) is 0 Å². The normalized spacial score (nSPS) is 12.1. The summed E-state index contributed by atoms with van der Waals surface area (Å²) in [5.74, 6) is 0. The summed E-state index contributed by atoms with van der Waals surface area (Å²) in [5.41, 5.74) is 15.0. The fourth-order valence-corrected chi connectivity index (χ4v) is 11.3. The van der Waals surface area contributed by atoms with E-state index >= 15 is 0 Å². The van der Waals surface area contributed by atoms with Gasteiger partial charge in [-0.25, -0.2) is 0 Å². The first-order valence-electron chi connectivity index (χ1n) is 18.2. The van der Waals surface area contributed by atoms with Crippen molar-refractivity contribution >= 4 is 49.9 Å². The molecule has 0 spiro atoms. The molecule has 0 unspecified atom stereocenters. The van der Waals surface area contributed by atoms with Crippen LogP contribution < -0.4 is 26.1 Å². The number of aromatic nitrogens is 1. The van der Waals surface area contributed by atoms with Gasteiger partial charge in [-0.1, -0.05) is 54.6 Å². The number of hydrogen-bond acceptors (Lipinski definition) is 2. The summed E-state index contributed by atoms with van der Waals surface area (Å²) in [4.78, 5) is 2.32. The van der Waals surface area contributed by atoms with Crippen molar-refractivity contribution in [2.24, 2.45) is 0 Å². The molecule has 0 aliphatic carbocycles. The molecular weight excluding hydrogens is 771 g/mol. The Balaban J connectivity index is 1.01. The summed E-state index contributed by atoms with van der Waals surface area (Å²) in [6, 6.07) is 70.0. The average molecular weight is 804 g/mol. The van der Waals surface area contributed by atoms with E-state index < -0.39 is 0 Å². The monoisotopic (exact) mass is 803 g/mol. The van der Waals surface area contributed by atoms with Crippen molar-refractivity contribution in [2.75, 3.05) is 4.90 Å². The predicted molar refractivity (Wildman–Crippen MR) is 219 cm³/mol. The van der Waals surface area contributed by atoms with E-state index in [4.69, 9.17) is 4.42 Å². The molecule has 0 N–H and O–H groups in total. The summed E-state index contributed by atoms with van der Waals surface area (Å²) in [6.07, 6.45) is 0. The molecule has 2 aromatic heterocycles. The molecule has 0 bridgehead atoms. The zero-order valence-electron chi connectivity index (χ0n) is 29.2. The second-order valence-electron chi connectivity index (χ2n) is 13.7. The van der Waals surface area contributed by atoms with Gasteiger partial charge < -0.3 is 0 Å². The second-order valence-corrected chi connectivity index (χ2v) is 16.4. The fourth-order valence-electron chi connectivity index (χ4n) is 8.03. The first kappa shape index (κ1) is 31.2. The number of halogens is 1. The molecule has 0 saturated heterocycles. The van der Waals surface area contributed by atoms with Gasteiger partial charge in [0.15, 0.2) is 0 Å². The van der Waals surface area contributed by atoms with Gasteiger partial charge in [-0.15, -0.1) is 0 Å². The van der Waals surface area contributed by atoms with E-state index in [-0.39, 0.29) is 21.2 Å². The van der Waals surface area contributed by atoms with Crippen molar-refractivity contribution in [1.29, 1.82) is 0 Å². The Hall–Kier alpha value is -6.37. The molecule has 4 heteroatoms. The van der Waals surface area contributed by atoms with Crippen LogP contribution in [0.1, 0.15) is 0 Å².